The molecule has 1 aromatic rings. The Labute approximate surface area is 233 Å². The predicted molar refractivity (Wildman–Crippen MR) is 155 cm³/mol. The van der Waals surface area contributed by atoms with Crippen molar-refractivity contribution < 1.29 is 18.3 Å². The van der Waals surface area contributed by atoms with Crippen molar-refractivity contribution in [1.82, 2.24) is 0 Å². The maximum Gasteiger partial charge on any atom is 0.156 e. The normalized spacial score (nSPS) is 37.3. The molecule has 0 unspecified atom stereocenters. The van der Waals surface area contributed by atoms with E-state index in [0.717, 1.165) is 44.2 Å². The van der Waals surface area contributed by atoms with Crippen molar-refractivity contribution in [3.8, 4) is 11.8 Å². The molecule has 39 heavy (non-hydrogen) atoms. The van der Waals surface area contributed by atoms with Gasteiger partial charge in [0.2, 0.25) is 0 Å². The summed E-state index contributed by atoms with van der Waals surface area (Å²) in [5, 5.41) is 12.3. The zero-order chi connectivity index (χ0) is 27.6. The van der Waals surface area contributed by atoms with Crippen LogP contribution in [-0.4, -0.2) is 49.5 Å². The fraction of sp³-hybridized carbons (Fsp3) is 0.606. The minimum atomic E-state index is -2.93. The fourth-order valence-corrected chi connectivity index (χ4v) is 10.1. The molecule has 5 aliphatic rings. The summed E-state index contributed by atoms with van der Waals surface area (Å²) in [6.07, 6.45) is 8.05. The molecule has 6 atom stereocenters. The molecule has 208 valence electrons. The number of nitrogens with zero attached hydrogens (tertiary/aromatic N) is 1. The van der Waals surface area contributed by atoms with Crippen LogP contribution in [0, 0.1) is 35.0 Å². The van der Waals surface area contributed by atoms with Crippen LogP contribution in [-0.2, 0) is 14.6 Å². The zero-order valence-electron chi connectivity index (χ0n) is 23.5. The van der Waals surface area contributed by atoms with Gasteiger partial charge in [0.25, 0.3) is 0 Å². The van der Waals surface area contributed by atoms with Gasteiger partial charge in [-0.2, -0.15) is 0 Å². The van der Waals surface area contributed by atoms with Crippen LogP contribution in [0.4, 0.5) is 5.69 Å². The van der Waals surface area contributed by atoms with Crippen LogP contribution in [0.2, 0.25) is 0 Å². The van der Waals surface area contributed by atoms with Gasteiger partial charge >= 0.3 is 0 Å². The first-order chi connectivity index (χ1) is 18.6. The fourth-order valence-electron chi connectivity index (χ4n) is 8.91. The summed E-state index contributed by atoms with van der Waals surface area (Å²) in [7, 11) is -2.93. The Morgan fingerprint density at radius 1 is 1.10 bits per heavy atom. The summed E-state index contributed by atoms with van der Waals surface area (Å²) in [5.74, 6) is 8.17. The summed E-state index contributed by atoms with van der Waals surface area (Å²) < 4.78 is 23.9. The minimum Gasteiger partial charge on any atom is -0.377 e. The molecule has 5 nitrogen and oxygen atoms in total. The Morgan fingerprint density at radius 3 is 2.49 bits per heavy atom. The average molecular weight is 548 g/mol. The smallest absolute Gasteiger partial charge is 0.156 e. The molecule has 2 saturated carbocycles. The number of aliphatic hydroxyl groups is 1. The van der Waals surface area contributed by atoms with Crippen molar-refractivity contribution in [2.24, 2.45) is 23.2 Å². The number of hydrogen-bond acceptors (Lipinski definition) is 5. The van der Waals surface area contributed by atoms with Gasteiger partial charge in [-0.05, 0) is 98.1 Å². The third kappa shape index (κ3) is 4.23. The lowest BCUT2D eigenvalue weighted by Gasteiger charge is -2.54. The lowest BCUT2D eigenvalue weighted by atomic mass is 9.51. The van der Waals surface area contributed by atoms with Crippen LogP contribution in [0.3, 0.4) is 0 Å². The Hall–Kier alpha value is -2.36. The van der Waals surface area contributed by atoms with Gasteiger partial charge < -0.3 is 10.0 Å². The molecule has 0 radical (unpaired) electrons. The van der Waals surface area contributed by atoms with Crippen molar-refractivity contribution in [1.29, 1.82) is 0 Å². The van der Waals surface area contributed by atoms with Crippen LogP contribution < -0.4 is 4.90 Å². The van der Waals surface area contributed by atoms with E-state index in [1.165, 1.54) is 22.3 Å². The molecular weight excluding hydrogens is 506 g/mol. The molecule has 0 bridgehead atoms. The van der Waals surface area contributed by atoms with E-state index in [1.54, 1.807) is 0 Å². The van der Waals surface area contributed by atoms with Crippen molar-refractivity contribution in [2.75, 3.05) is 29.5 Å². The molecule has 0 spiro atoms. The number of rotatable bonds is 3. The van der Waals surface area contributed by atoms with Gasteiger partial charge in [0.05, 0.1) is 11.5 Å². The number of fused-ring (bicyclic) bond motifs is 4. The average Bonchev–Trinajstić information content (AvgIpc) is 3.14. The minimum absolute atomic E-state index is 0.160. The molecule has 6 rings (SSSR count). The number of carbonyl (C=O) groups is 1. The van der Waals surface area contributed by atoms with Gasteiger partial charge in [-0.25, -0.2) is 8.42 Å². The number of sulfone groups is 1. The van der Waals surface area contributed by atoms with E-state index in [2.05, 4.69) is 54.9 Å². The second-order valence-electron chi connectivity index (χ2n) is 12.7. The predicted octanol–water partition coefficient (Wildman–Crippen LogP) is 5.21. The van der Waals surface area contributed by atoms with E-state index >= 15 is 0 Å². The largest absolute Gasteiger partial charge is 0.377 e. The summed E-state index contributed by atoms with van der Waals surface area (Å²) in [5.41, 5.74) is 5.16. The number of anilines is 1. The Kier molecular flexibility index (Phi) is 6.63. The molecule has 6 heteroatoms. The highest BCUT2D eigenvalue weighted by molar-refractivity contribution is 7.91. The number of carbonyl (C=O) groups excluding carboxylic acids is 1. The highest BCUT2D eigenvalue weighted by atomic mass is 32.2. The zero-order valence-corrected chi connectivity index (χ0v) is 24.3. The molecule has 4 aliphatic carbocycles. The first kappa shape index (κ1) is 26.8. The maximum atomic E-state index is 12.3. The summed E-state index contributed by atoms with van der Waals surface area (Å²) >= 11 is 0. The second kappa shape index (κ2) is 9.63. The lowest BCUT2D eigenvalue weighted by molar-refractivity contribution is -0.114. The highest BCUT2D eigenvalue weighted by Gasteiger charge is 2.66. The van der Waals surface area contributed by atoms with Gasteiger partial charge in [0, 0.05) is 36.5 Å². The molecule has 0 aromatic heterocycles. The molecule has 1 saturated heterocycles. The topological polar surface area (TPSA) is 74.7 Å². The Bertz CT molecular complexity index is 1400. The highest BCUT2D eigenvalue weighted by Crippen LogP contribution is 2.68. The van der Waals surface area contributed by atoms with E-state index in [-0.39, 0.29) is 34.5 Å². The number of allylic oxidation sites excluding steroid dienone is 4. The third-order valence-electron chi connectivity index (χ3n) is 10.9. The second-order valence-corrected chi connectivity index (χ2v) is 15.0. The number of benzene rings is 1. The monoisotopic (exact) mass is 547 g/mol. The van der Waals surface area contributed by atoms with E-state index in [0.29, 0.717) is 31.3 Å². The lowest BCUT2D eigenvalue weighted by Crippen LogP contribution is -2.52. The van der Waals surface area contributed by atoms with Crippen LogP contribution >= 0.6 is 0 Å². The molecule has 1 heterocycles. The SMILES string of the molecule is CC#C[C@]1(O)[C@H](CC)C[C@H]2[C@@H]3CCC4=CC(=O)CCC4=C3[C@@H](c3ccc(N4CCS(=O)(=O)CC4)cc3)C[C@@]21C. The van der Waals surface area contributed by atoms with Gasteiger partial charge in [-0.15, -0.1) is 5.92 Å². The van der Waals surface area contributed by atoms with Crippen molar-refractivity contribution >= 4 is 21.3 Å². The third-order valence-corrected chi connectivity index (χ3v) is 12.5. The van der Waals surface area contributed by atoms with Crippen LogP contribution in [0.5, 0.6) is 0 Å². The van der Waals surface area contributed by atoms with Crippen LogP contribution in [0.15, 0.2) is 47.1 Å². The van der Waals surface area contributed by atoms with E-state index < -0.39 is 15.4 Å². The number of ketones is 1. The van der Waals surface area contributed by atoms with Crippen molar-refractivity contribution in [2.45, 2.75) is 77.2 Å². The summed E-state index contributed by atoms with van der Waals surface area (Å²) in [4.78, 5) is 14.5. The van der Waals surface area contributed by atoms with Gasteiger partial charge in [-0.1, -0.05) is 37.5 Å². The molecular formula is C33H41NO4S. The first-order valence-corrected chi connectivity index (χ1v) is 16.6. The van der Waals surface area contributed by atoms with Crippen LogP contribution in [0.1, 0.15) is 77.2 Å². The van der Waals surface area contributed by atoms with E-state index in [9.17, 15) is 18.3 Å². The van der Waals surface area contributed by atoms with Gasteiger partial charge in [0.1, 0.15) is 5.60 Å². The Balaban J connectivity index is 1.43. The summed E-state index contributed by atoms with van der Waals surface area (Å²) in [6, 6.07) is 8.74. The summed E-state index contributed by atoms with van der Waals surface area (Å²) in [6.45, 7) is 7.39. The van der Waals surface area contributed by atoms with Crippen molar-refractivity contribution in [3.63, 3.8) is 0 Å². The van der Waals surface area contributed by atoms with Gasteiger partial charge in [0.15, 0.2) is 15.6 Å². The Morgan fingerprint density at radius 2 is 1.82 bits per heavy atom. The molecule has 0 amide bonds. The molecule has 3 fully saturated rings. The van der Waals surface area contributed by atoms with Crippen molar-refractivity contribution in [3.05, 3.63) is 52.6 Å². The standard InChI is InChI=1S/C33H41NO4S/c1-4-14-33(36)24(5-2)20-30-28-12-8-23-19-26(35)11-13-27(23)31(28)29(21-32(30,33)3)22-6-9-25(10-7-22)34-15-17-39(37,38)18-16-34/h6-7,9-10,19,24,28-30,36H,5,8,11-13,15-18,20-21H2,1-3H3/t24-,28+,29-,30+,32+,33+/m1/s1. The molecule has 1 N–H and O–H groups in total. The van der Waals surface area contributed by atoms with Crippen LogP contribution in [0.25, 0.3) is 0 Å². The van der Waals surface area contributed by atoms with E-state index in [4.69, 9.17) is 0 Å². The number of hydrogen-bond donors (Lipinski definition) is 1. The van der Waals surface area contributed by atoms with Gasteiger partial charge in [-0.3, -0.25) is 4.79 Å². The maximum absolute atomic E-state index is 12.3. The van der Waals surface area contributed by atoms with E-state index in [1.807, 2.05) is 13.0 Å². The quantitative estimate of drug-likeness (QED) is 0.526. The molecule has 1 aliphatic heterocycles. The molecule has 1 aromatic carbocycles. The first-order valence-electron chi connectivity index (χ1n) is 14.8.